The smallest absolute Gasteiger partial charge is 0.420 e. The number of ether oxygens (including phenoxy) is 1. The number of carbonyl (C=O) groups is 1. The van der Waals surface area contributed by atoms with Crippen LogP contribution in [0.1, 0.15) is 32.3 Å². The zero-order chi connectivity index (χ0) is 29.8. The molecule has 5 nitrogen and oxygen atoms in total. The fourth-order valence-electron chi connectivity index (χ4n) is 3.19. The highest BCUT2D eigenvalue weighted by atomic mass is 32.2. The number of benzene rings is 2. The van der Waals surface area contributed by atoms with E-state index >= 15 is 0 Å². The molecule has 1 heterocycles. The molecule has 39 heavy (non-hydrogen) atoms. The SMILES string of the molecule is CCC(C)(F)F.COc1cc2c(cc1C(F)(F)F)N(c1cccc(F)c1)CCN(C)S2.O=C(O)C1CC1(F)F. The van der Waals surface area contributed by atoms with Crippen molar-refractivity contribution in [2.45, 2.75) is 49.6 Å². The van der Waals surface area contributed by atoms with Crippen molar-refractivity contribution in [3.8, 4) is 5.75 Å². The number of alkyl halides is 7. The quantitative estimate of drug-likeness (QED) is 0.292. The molecule has 4 rings (SSSR count). The van der Waals surface area contributed by atoms with Crippen LogP contribution in [-0.4, -0.2) is 54.5 Å². The summed E-state index contributed by atoms with van der Waals surface area (Å²) < 4.78 is 107. The van der Waals surface area contributed by atoms with Gasteiger partial charge in [-0.3, -0.25) is 4.79 Å². The summed E-state index contributed by atoms with van der Waals surface area (Å²) in [5.41, 5.74) is 0.0452. The van der Waals surface area contributed by atoms with Crippen LogP contribution in [-0.2, 0) is 11.0 Å². The number of aliphatic carboxylic acids is 1. The van der Waals surface area contributed by atoms with E-state index in [1.165, 1.54) is 44.2 Å². The number of carboxylic acid groups (broad SMARTS) is 1. The van der Waals surface area contributed by atoms with Crippen LogP contribution >= 0.6 is 11.9 Å². The minimum Gasteiger partial charge on any atom is -0.496 e. The highest BCUT2D eigenvalue weighted by Gasteiger charge is 2.61. The number of fused-ring (bicyclic) bond motifs is 1. The lowest BCUT2D eigenvalue weighted by atomic mass is 10.1. The van der Waals surface area contributed by atoms with Gasteiger partial charge in [0.15, 0.2) is 0 Å². The summed E-state index contributed by atoms with van der Waals surface area (Å²) in [5, 5.41) is 7.91. The zero-order valence-corrected chi connectivity index (χ0v) is 22.3. The third-order valence-electron chi connectivity index (χ3n) is 5.63. The first-order valence-electron chi connectivity index (χ1n) is 11.6. The summed E-state index contributed by atoms with van der Waals surface area (Å²) in [4.78, 5) is 12.0. The van der Waals surface area contributed by atoms with Crippen molar-refractivity contribution in [1.82, 2.24) is 4.31 Å². The first-order valence-corrected chi connectivity index (χ1v) is 12.4. The fourth-order valence-corrected chi connectivity index (χ4v) is 4.12. The van der Waals surface area contributed by atoms with E-state index in [2.05, 4.69) is 0 Å². The summed E-state index contributed by atoms with van der Waals surface area (Å²) in [6.45, 7) is 3.40. The summed E-state index contributed by atoms with van der Waals surface area (Å²) in [7, 11) is 3.07. The van der Waals surface area contributed by atoms with Crippen molar-refractivity contribution in [2.75, 3.05) is 32.1 Å². The molecule has 2 aliphatic rings. The summed E-state index contributed by atoms with van der Waals surface area (Å²) in [6.07, 6.45) is -5.09. The van der Waals surface area contributed by atoms with Crippen LogP contribution in [0.2, 0.25) is 0 Å². The predicted octanol–water partition coefficient (Wildman–Crippen LogP) is 7.72. The molecule has 1 aliphatic carbocycles. The molecule has 2 aromatic carbocycles. The molecule has 1 saturated carbocycles. The van der Waals surface area contributed by atoms with E-state index < -0.39 is 47.7 Å². The normalized spacial score (nSPS) is 18.5. The van der Waals surface area contributed by atoms with Gasteiger partial charge in [-0.1, -0.05) is 13.0 Å². The van der Waals surface area contributed by atoms with Crippen molar-refractivity contribution >= 4 is 29.3 Å². The van der Waals surface area contributed by atoms with E-state index in [9.17, 15) is 39.9 Å². The minimum absolute atomic E-state index is 0.0625. The Hall–Kier alpha value is -2.74. The van der Waals surface area contributed by atoms with Crippen LogP contribution in [0.4, 0.5) is 46.5 Å². The van der Waals surface area contributed by atoms with E-state index in [1.54, 1.807) is 17.0 Å². The molecule has 1 unspecified atom stereocenters. The second-order valence-electron chi connectivity index (χ2n) is 8.87. The monoisotopic (exact) mass is 588 g/mol. The average molecular weight is 589 g/mol. The van der Waals surface area contributed by atoms with Crippen LogP contribution in [0.15, 0.2) is 41.3 Å². The maximum atomic E-state index is 13.6. The van der Waals surface area contributed by atoms with Crippen LogP contribution in [0.25, 0.3) is 0 Å². The molecule has 1 fully saturated rings. The van der Waals surface area contributed by atoms with Crippen molar-refractivity contribution in [2.24, 2.45) is 5.92 Å². The van der Waals surface area contributed by atoms with Gasteiger partial charge in [-0.2, -0.15) is 13.2 Å². The Morgan fingerprint density at radius 3 is 2.15 bits per heavy atom. The molecule has 0 radical (unpaired) electrons. The van der Waals surface area contributed by atoms with Crippen LogP contribution in [0, 0.1) is 11.7 Å². The first kappa shape index (κ1) is 32.5. The predicted molar refractivity (Wildman–Crippen MR) is 131 cm³/mol. The molecule has 14 heteroatoms. The topological polar surface area (TPSA) is 53.0 Å². The molecular formula is C25H28F8N2O3S. The Morgan fingerprint density at radius 2 is 1.74 bits per heavy atom. The molecule has 0 bridgehead atoms. The molecule has 1 aliphatic heterocycles. The molecular weight excluding hydrogens is 560 g/mol. The van der Waals surface area contributed by atoms with E-state index in [4.69, 9.17) is 9.84 Å². The van der Waals surface area contributed by atoms with Crippen LogP contribution in [0.3, 0.4) is 0 Å². The molecule has 1 atom stereocenters. The molecule has 2 aromatic rings. The van der Waals surface area contributed by atoms with Gasteiger partial charge in [-0.15, -0.1) is 0 Å². The lowest BCUT2D eigenvalue weighted by Crippen LogP contribution is -2.25. The Balaban J connectivity index is 0.000000312. The summed E-state index contributed by atoms with van der Waals surface area (Å²) >= 11 is 1.33. The molecule has 0 spiro atoms. The Kier molecular flexibility index (Phi) is 10.5. The summed E-state index contributed by atoms with van der Waals surface area (Å²) in [5.74, 6) is -8.83. The second kappa shape index (κ2) is 12.6. The maximum absolute atomic E-state index is 13.6. The number of halogens is 8. The van der Waals surface area contributed by atoms with E-state index in [-0.39, 0.29) is 12.2 Å². The van der Waals surface area contributed by atoms with Crippen molar-refractivity contribution < 1.29 is 49.8 Å². The van der Waals surface area contributed by atoms with Gasteiger partial charge in [-0.25, -0.2) is 26.3 Å². The van der Waals surface area contributed by atoms with E-state index in [0.29, 0.717) is 29.4 Å². The van der Waals surface area contributed by atoms with Gasteiger partial charge in [-0.05, 0) is 56.3 Å². The number of hydrogen-bond donors (Lipinski definition) is 1. The largest absolute Gasteiger partial charge is 0.496 e. The number of methoxy groups -OCH3 is 1. The van der Waals surface area contributed by atoms with Crippen LogP contribution < -0.4 is 9.64 Å². The molecule has 0 amide bonds. The van der Waals surface area contributed by atoms with Gasteiger partial charge in [0.1, 0.15) is 17.5 Å². The van der Waals surface area contributed by atoms with Gasteiger partial charge in [0, 0.05) is 31.6 Å². The van der Waals surface area contributed by atoms with Gasteiger partial charge in [0.05, 0.1) is 23.3 Å². The van der Waals surface area contributed by atoms with E-state index in [0.717, 1.165) is 13.0 Å². The summed E-state index contributed by atoms with van der Waals surface area (Å²) in [6, 6.07) is 8.30. The highest BCUT2D eigenvalue weighted by molar-refractivity contribution is 7.97. The molecule has 0 aromatic heterocycles. The van der Waals surface area contributed by atoms with E-state index in [1.807, 2.05) is 11.4 Å². The molecule has 1 N–H and O–H groups in total. The lowest BCUT2D eigenvalue weighted by Gasteiger charge is -2.26. The standard InChI is InChI=1S/C17H16F4N2OS.C4H4F2O2.C4H8F2/c1-22-6-7-23(12-5-3-4-11(18)8-12)14-9-13(17(19,20)21)15(24-2)10-16(14)25-22;5-4(6)1-2(4)3(7)8;1-3-4(2,5)6/h3-5,8-10H,6-7H2,1-2H3;2H,1H2,(H,7,8);3H2,1-2H3. The lowest BCUT2D eigenvalue weighted by molar-refractivity contribution is -0.141. The Bertz CT molecular complexity index is 1140. The van der Waals surface area contributed by atoms with Crippen molar-refractivity contribution in [1.29, 1.82) is 0 Å². The number of hydrogen-bond acceptors (Lipinski definition) is 5. The third-order valence-corrected chi connectivity index (χ3v) is 6.65. The number of rotatable bonds is 4. The number of anilines is 2. The Labute approximate surface area is 224 Å². The number of likely N-dealkylation sites (N-methyl/N-ethyl adjacent to an activating group) is 1. The fraction of sp³-hybridized carbons (Fsp3) is 0.480. The van der Waals surface area contributed by atoms with Gasteiger partial charge >= 0.3 is 12.1 Å². The van der Waals surface area contributed by atoms with Gasteiger partial charge in [0.25, 0.3) is 5.92 Å². The van der Waals surface area contributed by atoms with Gasteiger partial charge < -0.3 is 14.7 Å². The average Bonchev–Trinajstić information content (AvgIpc) is 3.51. The number of nitrogens with zero attached hydrogens (tertiary/aromatic N) is 2. The number of carboxylic acids is 1. The highest BCUT2D eigenvalue weighted by Crippen LogP contribution is 2.48. The maximum Gasteiger partial charge on any atom is 0.420 e. The third kappa shape index (κ3) is 9.45. The van der Waals surface area contributed by atoms with Crippen LogP contribution in [0.5, 0.6) is 5.75 Å². The van der Waals surface area contributed by atoms with Crippen molar-refractivity contribution in [3.05, 3.63) is 47.8 Å². The van der Waals surface area contributed by atoms with Gasteiger partial charge in [0.2, 0.25) is 5.92 Å². The second-order valence-corrected chi connectivity index (χ2v) is 10.1. The zero-order valence-electron chi connectivity index (χ0n) is 21.5. The molecule has 0 saturated heterocycles. The first-order chi connectivity index (χ1) is 17.9. The van der Waals surface area contributed by atoms with Crippen molar-refractivity contribution in [3.63, 3.8) is 0 Å². The Morgan fingerprint density at radius 1 is 1.15 bits per heavy atom. The minimum atomic E-state index is -4.54. The molecule has 218 valence electrons.